The van der Waals surface area contributed by atoms with Gasteiger partial charge in [-0.25, -0.2) is 0 Å². The normalized spacial score (nSPS) is 30.4. The molecule has 1 N–H and O–H groups in total. The molecule has 0 aromatic carbocycles. The molecule has 0 saturated carbocycles. The number of rotatable bonds is 3. The summed E-state index contributed by atoms with van der Waals surface area (Å²) in [6.45, 7) is 10.5. The lowest BCUT2D eigenvalue weighted by atomic mass is 10.2. The molecule has 2 atom stereocenters. The Bertz CT molecular complexity index is 431. The number of nitrogens with zero attached hydrogens (tertiary/aromatic N) is 5. The van der Waals surface area contributed by atoms with Crippen molar-refractivity contribution in [3.63, 3.8) is 0 Å². The van der Waals surface area contributed by atoms with Gasteiger partial charge in [-0.3, -0.25) is 14.8 Å². The van der Waals surface area contributed by atoms with Gasteiger partial charge in [0.05, 0.1) is 13.2 Å². The van der Waals surface area contributed by atoms with E-state index < -0.39 is 0 Å². The van der Waals surface area contributed by atoms with Gasteiger partial charge >= 0.3 is 0 Å². The number of guanidine groups is 1. The van der Waals surface area contributed by atoms with E-state index in [2.05, 4.69) is 44.0 Å². The van der Waals surface area contributed by atoms with Gasteiger partial charge in [0.1, 0.15) is 0 Å². The zero-order valence-electron chi connectivity index (χ0n) is 16.0. The van der Waals surface area contributed by atoms with Crippen LogP contribution in [0.15, 0.2) is 4.99 Å². The van der Waals surface area contributed by atoms with E-state index in [1.165, 1.54) is 6.42 Å². The number of likely N-dealkylation sites (tertiary alicyclic amines) is 1. The van der Waals surface area contributed by atoms with E-state index >= 15 is 0 Å². The molecule has 0 aromatic heterocycles. The Kier molecular flexibility index (Phi) is 8.67. The van der Waals surface area contributed by atoms with Gasteiger partial charge < -0.3 is 19.9 Å². The lowest BCUT2D eigenvalue weighted by Crippen LogP contribution is -2.55. The molecule has 3 fully saturated rings. The standard InChI is InChI=1S/C17H34N6O.HI/c1-18-17(19-12-16-13-20(2)6-7-21(16)3)23-5-4-15(14-23)22-8-10-24-11-9-22;/h15-16H,4-14H2,1-3H3,(H,18,19);1H. The molecule has 3 aliphatic rings. The summed E-state index contributed by atoms with van der Waals surface area (Å²) in [5.41, 5.74) is 0. The molecule has 0 aromatic rings. The molecular formula is C17H35IN6O. The molecule has 3 heterocycles. The van der Waals surface area contributed by atoms with Crippen molar-refractivity contribution < 1.29 is 4.74 Å². The topological polar surface area (TPSA) is 46.6 Å². The van der Waals surface area contributed by atoms with Crippen LogP contribution < -0.4 is 5.32 Å². The number of nitrogens with one attached hydrogen (secondary N) is 1. The number of morpholine rings is 1. The maximum atomic E-state index is 5.48. The zero-order valence-corrected chi connectivity index (χ0v) is 18.3. The summed E-state index contributed by atoms with van der Waals surface area (Å²) < 4.78 is 5.48. The van der Waals surface area contributed by atoms with E-state index in [1.54, 1.807) is 0 Å². The number of halogens is 1. The third-order valence-electron chi connectivity index (χ3n) is 5.71. The first-order chi connectivity index (χ1) is 11.7. The molecule has 8 heteroatoms. The average Bonchev–Trinajstić information content (AvgIpc) is 3.09. The second kappa shape index (κ2) is 10.2. The molecule has 0 radical (unpaired) electrons. The molecule has 3 aliphatic heterocycles. The maximum absolute atomic E-state index is 5.48. The van der Waals surface area contributed by atoms with Gasteiger partial charge in [0.15, 0.2) is 5.96 Å². The minimum absolute atomic E-state index is 0. The number of aliphatic imine (C=N–C) groups is 1. The summed E-state index contributed by atoms with van der Waals surface area (Å²) in [4.78, 5) is 14.4. The first-order valence-corrected chi connectivity index (χ1v) is 9.33. The van der Waals surface area contributed by atoms with Gasteiger partial charge in [0.2, 0.25) is 0 Å². The molecule has 0 aliphatic carbocycles. The zero-order chi connectivity index (χ0) is 16.9. The fourth-order valence-electron chi connectivity index (χ4n) is 4.04. The SMILES string of the molecule is CN=C(NCC1CN(C)CCN1C)N1CCC(N2CCOCC2)C1.I. The Morgan fingerprint density at radius 3 is 2.56 bits per heavy atom. The highest BCUT2D eigenvalue weighted by atomic mass is 127. The molecule has 0 spiro atoms. The van der Waals surface area contributed by atoms with Crippen molar-refractivity contribution in [1.29, 1.82) is 0 Å². The van der Waals surface area contributed by atoms with Gasteiger partial charge in [0, 0.05) is 71.5 Å². The van der Waals surface area contributed by atoms with Crippen LogP contribution in [0.4, 0.5) is 0 Å². The van der Waals surface area contributed by atoms with Crippen LogP contribution in [0, 0.1) is 0 Å². The predicted octanol–water partition coefficient (Wildman–Crippen LogP) is -0.168. The first kappa shape index (κ1) is 21.1. The van der Waals surface area contributed by atoms with Crippen molar-refractivity contribution in [2.24, 2.45) is 4.99 Å². The van der Waals surface area contributed by atoms with Crippen molar-refractivity contribution in [1.82, 2.24) is 24.9 Å². The van der Waals surface area contributed by atoms with Crippen LogP contribution >= 0.6 is 24.0 Å². The van der Waals surface area contributed by atoms with E-state index in [1.807, 2.05) is 7.05 Å². The smallest absolute Gasteiger partial charge is 0.193 e. The summed E-state index contributed by atoms with van der Waals surface area (Å²) in [6, 6.07) is 1.20. The van der Waals surface area contributed by atoms with Crippen molar-refractivity contribution in [3.05, 3.63) is 0 Å². The van der Waals surface area contributed by atoms with Crippen LogP contribution in [0.1, 0.15) is 6.42 Å². The van der Waals surface area contributed by atoms with Crippen molar-refractivity contribution in [2.75, 3.05) is 86.7 Å². The summed E-state index contributed by atoms with van der Waals surface area (Å²) >= 11 is 0. The van der Waals surface area contributed by atoms with Gasteiger partial charge in [0.25, 0.3) is 0 Å². The molecule has 146 valence electrons. The lowest BCUT2D eigenvalue weighted by molar-refractivity contribution is 0.0194. The number of likely N-dealkylation sites (N-methyl/N-ethyl adjacent to an activating group) is 2. The van der Waals surface area contributed by atoms with Crippen LogP contribution in [0.2, 0.25) is 0 Å². The van der Waals surface area contributed by atoms with E-state index in [0.717, 1.165) is 71.5 Å². The second-order valence-corrected chi connectivity index (χ2v) is 7.36. The van der Waals surface area contributed by atoms with Crippen LogP contribution in [0.3, 0.4) is 0 Å². The summed E-state index contributed by atoms with van der Waals surface area (Å²) in [7, 11) is 6.34. The van der Waals surface area contributed by atoms with Crippen molar-refractivity contribution >= 4 is 29.9 Å². The Morgan fingerprint density at radius 2 is 1.84 bits per heavy atom. The molecule has 0 amide bonds. The van der Waals surface area contributed by atoms with E-state index in [-0.39, 0.29) is 24.0 Å². The summed E-state index contributed by atoms with van der Waals surface area (Å²) in [6.07, 6.45) is 1.23. The van der Waals surface area contributed by atoms with E-state index in [9.17, 15) is 0 Å². The molecular weight excluding hydrogens is 431 g/mol. The van der Waals surface area contributed by atoms with E-state index in [4.69, 9.17) is 4.74 Å². The predicted molar refractivity (Wildman–Crippen MR) is 113 cm³/mol. The highest BCUT2D eigenvalue weighted by Crippen LogP contribution is 2.17. The molecule has 0 bridgehead atoms. The fourth-order valence-corrected chi connectivity index (χ4v) is 4.04. The monoisotopic (exact) mass is 466 g/mol. The second-order valence-electron chi connectivity index (χ2n) is 7.36. The molecule has 2 unspecified atom stereocenters. The van der Waals surface area contributed by atoms with Gasteiger partial charge in [-0.2, -0.15) is 0 Å². The number of hydrogen-bond acceptors (Lipinski definition) is 5. The number of hydrogen-bond donors (Lipinski definition) is 1. The Hall–Kier alpha value is -0.160. The van der Waals surface area contributed by atoms with Crippen LogP contribution in [0.5, 0.6) is 0 Å². The Balaban J connectivity index is 0.00000225. The third kappa shape index (κ3) is 5.66. The van der Waals surface area contributed by atoms with Crippen molar-refractivity contribution in [2.45, 2.75) is 18.5 Å². The van der Waals surface area contributed by atoms with Crippen LogP contribution in [0.25, 0.3) is 0 Å². The average molecular weight is 466 g/mol. The maximum Gasteiger partial charge on any atom is 0.193 e. The third-order valence-corrected chi connectivity index (χ3v) is 5.71. The number of ether oxygens (including phenoxy) is 1. The number of piperazine rings is 1. The first-order valence-electron chi connectivity index (χ1n) is 9.33. The lowest BCUT2D eigenvalue weighted by Gasteiger charge is -2.38. The Labute approximate surface area is 169 Å². The molecule has 7 nitrogen and oxygen atoms in total. The quantitative estimate of drug-likeness (QED) is 0.354. The Morgan fingerprint density at radius 1 is 1.08 bits per heavy atom. The molecule has 3 saturated heterocycles. The van der Waals surface area contributed by atoms with E-state index in [0.29, 0.717) is 12.1 Å². The summed E-state index contributed by atoms with van der Waals surface area (Å²) in [5.74, 6) is 1.06. The fraction of sp³-hybridized carbons (Fsp3) is 0.941. The minimum Gasteiger partial charge on any atom is -0.379 e. The minimum atomic E-state index is 0. The largest absolute Gasteiger partial charge is 0.379 e. The highest BCUT2D eigenvalue weighted by molar-refractivity contribution is 14.0. The van der Waals surface area contributed by atoms with Crippen molar-refractivity contribution in [3.8, 4) is 0 Å². The van der Waals surface area contributed by atoms with Gasteiger partial charge in [-0.15, -0.1) is 24.0 Å². The van der Waals surface area contributed by atoms with Crippen LogP contribution in [-0.2, 0) is 4.74 Å². The van der Waals surface area contributed by atoms with Crippen LogP contribution in [-0.4, -0.2) is 124 Å². The highest BCUT2D eigenvalue weighted by Gasteiger charge is 2.30. The molecule has 25 heavy (non-hydrogen) atoms. The summed E-state index contributed by atoms with van der Waals surface area (Å²) in [5, 5.41) is 3.62. The van der Waals surface area contributed by atoms with Gasteiger partial charge in [-0.05, 0) is 20.5 Å². The van der Waals surface area contributed by atoms with Gasteiger partial charge in [-0.1, -0.05) is 0 Å². The molecule has 3 rings (SSSR count).